The van der Waals surface area contributed by atoms with Gasteiger partial charge in [-0.15, -0.1) is 0 Å². The van der Waals surface area contributed by atoms with Crippen molar-refractivity contribution >= 4 is 29.3 Å². The fraction of sp³-hybridized carbons (Fsp3) is 0.278. The number of carbonyl (C=O) groups excluding carboxylic acids is 2. The van der Waals surface area contributed by atoms with Crippen molar-refractivity contribution in [1.82, 2.24) is 9.88 Å². The fourth-order valence-corrected chi connectivity index (χ4v) is 2.38. The Labute approximate surface area is 151 Å². The number of urea groups is 1. The lowest BCUT2D eigenvalue weighted by Crippen LogP contribution is -2.36. The van der Waals surface area contributed by atoms with Crippen LogP contribution in [0.3, 0.4) is 0 Å². The number of hydrogen-bond acceptors (Lipinski definition) is 4. The molecule has 132 valence electrons. The number of anilines is 1. The van der Waals surface area contributed by atoms with Crippen LogP contribution in [0.15, 0.2) is 48.8 Å². The summed E-state index contributed by atoms with van der Waals surface area (Å²) in [5.74, 6) is -0.339. The third kappa shape index (κ3) is 6.43. The van der Waals surface area contributed by atoms with E-state index in [4.69, 9.17) is 16.3 Å². The van der Waals surface area contributed by atoms with E-state index >= 15 is 0 Å². The van der Waals surface area contributed by atoms with Crippen LogP contribution < -0.4 is 5.32 Å². The molecule has 0 saturated carbocycles. The largest absolute Gasteiger partial charge is 0.466 e. The molecular formula is C18H20ClN3O3. The summed E-state index contributed by atoms with van der Waals surface area (Å²) < 4.78 is 4.93. The van der Waals surface area contributed by atoms with Gasteiger partial charge in [-0.2, -0.15) is 0 Å². The number of carbonyl (C=O) groups is 2. The summed E-state index contributed by atoms with van der Waals surface area (Å²) in [6.07, 6.45) is 3.47. The van der Waals surface area contributed by atoms with Crippen LogP contribution in [0.1, 0.15) is 18.9 Å². The zero-order valence-corrected chi connectivity index (χ0v) is 14.7. The maximum absolute atomic E-state index is 12.6. The Balaban J connectivity index is 2.06. The molecule has 25 heavy (non-hydrogen) atoms. The molecule has 1 heterocycles. The van der Waals surface area contributed by atoms with Gasteiger partial charge in [-0.25, -0.2) is 4.79 Å². The monoisotopic (exact) mass is 361 g/mol. The van der Waals surface area contributed by atoms with Gasteiger partial charge in [0.1, 0.15) is 0 Å². The van der Waals surface area contributed by atoms with Crippen molar-refractivity contribution in [2.24, 2.45) is 0 Å². The van der Waals surface area contributed by atoms with Gasteiger partial charge in [0.05, 0.1) is 13.0 Å². The van der Waals surface area contributed by atoms with Crippen LogP contribution in [0.25, 0.3) is 0 Å². The third-order valence-corrected chi connectivity index (χ3v) is 3.59. The molecule has 1 aromatic carbocycles. The molecule has 0 fully saturated rings. The molecule has 0 unspecified atom stereocenters. The average Bonchev–Trinajstić information content (AvgIpc) is 2.59. The molecule has 6 nitrogen and oxygen atoms in total. The lowest BCUT2D eigenvalue weighted by molar-refractivity contribution is -0.143. The van der Waals surface area contributed by atoms with Crippen LogP contribution in [0.4, 0.5) is 10.5 Å². The molecule has 0 saturated heterocycles. The lowest BCUT2D eigenvalue weighted by atomic mass is 10.2. The molecule has 0 spiro atoms. The molecule has 1 N–H and O–H groups in total. The summed E-state index contributed by atoms with van der Waals surface area (Å²) >= 11 is 5.94. The predicted molar refractivity (Wildman–Crippen MR) is 96.4 cm³/mol. The molecule has 0 aliphatic rings. The molecular weight excluding hydrogens is 342 g/mol. The van der Waals surface area contributed by atoms with E-state index in [0.29, 0.717) is 23.9 Å². The van der Waals surface area contributed by atoms with Crippen LogP contribution in [0.2, 0.25) is 5.02 Å². The highest BCUT2D eigenvalue weighted by molar-refractivity contribution is 6.30. The van der Waals surface area contributed by atoms with E-state index in [0.717, 1.165) is 5.56 Å². The summed E-state index contributed by atoms with van der Waals surface area (Å²) in [5, 5.41) is 3.32. The van der Waals surface area contributed by atoms with Crippen LogP contribution in [-0.2, 0) is 16.1 Å². The van der Waals surface area contributed by atoms with Crippen LogP contribution in [-0.4, -0.2) is 35.0 Å². The summed E-state index contributed by atoms with van der Waals surface area (Å²) in [7, 11) is 0. The van der Waals surface area contributed by atoms with Crippen LogP contribution in [0, 0.1) is 0 Å². The van der Waals surface area contributed by atoms with E-state index < -0.39 is 0 Å². The molecule has 0 bridgehead atoms. The second-order valence-corrected chi connectivity index (χ2v) is 5.71. The number of amides is 2. The smallest absolute Gasteiger partial charge is 0.322 e. The predicted octanol–water partition coefficient (Wildman–Crippen LogP) is 3.72. The fourth-order valence-electron chi connectivity index (χ4n) is 2.19. The number of hydrogen-bond donors (Lipinski definition) is 1. The van der Waals surface area contributed by atoms with Gasteiger partial charge >= 0.3 is 12.0 Å². The van der Waals surface area contributed by atoms with Crippen molar-refractivity contribution in [2.75, 3.05) is 18.5 Å². The number of ether oxygens (including phenoxy) is 1. The Morgan fingerprint density at radius 3 is 2.80 bits per heavy atom. The highest BCUT2D eigenvalue weighted by atomic mass is 35.5. The number of pyridine rings is 1. The van der Waals surface area contributed by atoms with E-state index in [2.05, 4.69) is 10.3 Å². The molecule has 1 aromatic heterocycles. The Bertz CT molecular complexity index is 710. The van der Waals surface area contributed by atoms with Crippen LogP contribution in [0.5, 0.6) is 0 Å². The van der Waals surface area contributed by atoms with E-state index in [1.54, 1.807) is 49.6 Å². The summed E-state index contributed by atoms with van der Waals surface area (Å²) in [4.78, 5) is 29.8. The van der Waals surface area contributed by atoms with Crippen molar-refractivity contribution < 1.29 is 14.3 Å². The van der Waals surface area contributed by atoms with Gasteiger partial charge in [-0.05, 0) is 36.8 Å². The summed E-state index contributed by atoms with van der Waals surface area (Å²) in [6, 6.07) is 10.2. The minimum Gasteiger partial charge on any atom is -0.466 e. The van der Waals surface area contributed by atoms with E-state index in [9.17, 15) is 9.59 Å². The highest BCUT2D eigenvalue weighted by Gasteiger charge is 2.16. The first-order chi connectivity index (χ1) is 12.1. The van der Waals surface area contributed by atoms with Gasteiger partial charge < -0.3 is 15.0 Å². The molecule has 2 rings (SSSR count). The number of rotatable bonds is 7. The normalized spacial score (nSPS) is 10.2. The van der Waals surface area contributed by atoms with Gasteiger partial charge in [-0.1, -0.05) is 23.7 Å². The molecule has 0 aliphatic carbocycles. The maximum Gasteiger partial charge on any atom is 0.322 e. The lowest BCUT2D eigenvalue weighted by Gasteiger charge is -2.23. The molecule has 0 aliphatic heterocycles. The van der Waals surface area contributed by atoms with Crippen molar-refractivity contribution in [2.45, 2.75) is 19.9 Å². The van der Waals surface area contributed by atoms with E-state index in [-0.39, 0.29) is 25.0 Å². The topological polar surface area (TPSA) is 71.5 Å². The highest BCUT2D eigenvalue weighted by Crippen LogP contribution is 2.16. The average molecular weight is 362 g/mol. The number of aromatic nitrogens is 1. The Morgan fingerprint density at radius 2 is 2.12 bits per heavy atom. The molecule has 2 aromatic rings. The molecule has 7 heteroatoms. The summed E-state index contributed by atoms with van der Waals surface area (Å²) in [6.45, 7) is 2.63. The first-order valence-electron chi connectivity index (χ1n) is 7.94. The zero-order chi connectivity index (χ0) is 18.1. The maximum atomic E-state index is 12.6. The molecule has 2 amide bonds. The van der Waals surface area contributed by atoms with Gasteiger partial charge in [-0.3, -0.25) is 9.78 Å². The van der Waals surface area contributed by atoms with Gasteiger partial charge in [0.15, 0.2) is 0 Å². The standard InChI is InChI=1S/C18H20ClN3O3/c1-2-25-17(23)8-10-22(13-14-5-4-9-20-12-14)18(24)21-16-7-3-6-15(19)11-16/h3-7,9,11-12H,2,8,10,13H2,1H3,(H,21,24). The van der Waals surface area contributed by atoms with Crippen molar-refractivity contribution in [3.8, 4) is 0 Å². The second-order valence-electron chi connectivity index (χ2n) is 5.28. The minimum absolute atomic E-state index is 0.122. The molecule has 0 radical (unpaired) electrons. The third-order valence-electron chi connectivity index (χ3n) is 3.35. The SMILES string of the molecule is CCOC(=O)CCN(Cc1cccnc1)C(=O)Nc1cccc(Cl)c1. The minimum atomic E-state index is -0.339. The van der Waals surface area contributed by atoms with Crippen molar-refractivity contribution in [3.63, 3.8) is 0 Å². The van der Waals surface area contributed by atoms with Gasteiger partial charge in [0.2, 0.25) is 0 Å². The number of nitrogens with one attached hydrogen (secondary N) is 1. The first kappa shape index (κ1) is 18.7. The Kier molecular flexibility index (Phi) is 7.22. The number of benzene rings is 1. The van der Waals surface area contributed by atoms with E-state index in [1.165, 1.54) is 4.90 Å². The summed E-state index contributed by atoms with van der Waals surface area (Å²) in [5.41, 5.74) is 1.46. The Morgan fingerprint density at radius 1 is 1.28 bits per heavy atom. The Hall–Kier alpha value is -2.60. The number of nitrogens with zero attached hydrogens (tertiary/aromatic N) is 2. The number of esters is 1. The second kappa shape index (κ2) is 9.64. The number of halogens is 1. The zero-order valence-electron chi connectivity index (χ0n) is 13.9. The van der Waals surface area contributed by atoms with Gasteiger partial charge in [0, 0.05) is 36.2 Å². The van der Waals surface area contributed by atoms with Crippen molar-refractivity contribution in [1.29, 1.82) is 0 Å². The quantitative estimate of drug-likeness (QED) is 0.763. The molecule has 0 atom stereocenters. The van der Waals surface area contributed by atoms with Crippen LogP contribution >= 0.6 is 11.6 Å². The van der Waals surface area contributed by atoms with Crippen molar-refractivity contribution in [3.05, 3.63) is 59.4 Å². The first-order valence-corrected chi connectivity index (χ1v) is 8.32. The van der Waals surface area contributed by atoms with Gasteiger partial charge in [0.25, 0.3) is 0 Å². The van der Waals surface area contributed by atoms with E-state index in [1.807, 2.05) is 6.07 Å².